The topological polar surface area (TPSA) is 77.8 Å². The van der Waals surface area contributed by atoms with Gasteiger partial charge in [0.1, 0.15) is 0 Å². The lowest BCUT2D eigenvalue weighted by atomic mass is 10.9. The molecule has 0 bridgehead atoms. The van der Waals surface area contributed by atoms with Gasteiger partial charge in [-0.05, 0) is 12.3 Å². The molecule has 0 aromatic carbocycles. The average Bonchev–Trinajstić information content (AvgIpc) is 1.58. The third kappa shape index (κ3) is 76.9. The molecule has 12 heavy (non-hydrogen) atoms. The number of phosphoric acid groups is 1. The van der Waals surface area contributed by atoms with E-state index >= 15 is 0 Å². The Bertz CT molecular complexity index is 225. The highest BCUT2D eigenvalue weighted by atomic mass is 35.5. The first-order valence-electron chi connectivity index (χ1n) is 2.01. The second kappa shape index (κ2) is 9.61. The molecule has 0 aromatic heterocycles. The van der Waals surface area contributed by atoms with Gasteiger partial charge < -0.3 is 14.7 Å². The summed E-state index contributed by atoms with van der Waals surface area (Å²) in [6, 6.07) is 0. The van der Waals surface area contributed by atoms with E-state index < -0.39 is 7.82 Å². The molecule has 0 aliphatic heterocycles. The Labute approximate surface area is 90.2 Å². The van der Waals surface area contributed by atoms with Gasteiger partial charge in [0, 0.05) is 0 Å². The Morgan fingerprint density at radius 3 is 1.58 bits per heavy atom. The summed E-state index contributed by atoms with van der Waals surface area (Å²) in [6.07, 6.45) is 0. The fourth-order valence-electron chi connectivity index (χ4n) is 0.0668. The minimum absolute atomic E-state index is 0. The SMILES string of the molecule is C=C=C=C(Cl)Cl.O=P(O)(O)O.[AlH3]. The first-order valence-corrected chi connectivity index (χ1v) is 4.34. The maximum Gasteiger partial charge on any atom is 0.466 e. The molecule has 0 rings (SSSR count). The van der Waals surface area contributed by atoms with Crippen molar-refractivity contribution in [3.63, 3.8) is 0 Å². The van der Waals surface area contributed by atoms with Gasteiger partial charge in [-0.25, -0.2) is 4.57 Å². The van der Waals surface area contributed by atoms with Crippen molar-refractivity contribution >= 4 is 48.4 Å². The smallest absolute Gasteiger partial charge is 0.303 e. The lowest BCUT2D eigenvalue weighted by Crippen LogP contribution is -1.66. The summed E-state index contributed by atoms with van der Waals surface area (Å²) in [7, 11) is -4.64. The maximum atomic E-state index is 8.88. The van der Waals surface area contributed by atoms with Gasteiger partial charge in [0.15, 0.2) is 21.9 Å². The quantitative estimate of drug-likeness (QED) is 0.324. The van der Waals surface area contributed by atoms with E-state index in [4.69, 9.17) is 42.4 Å². The summed E-state index contributed by atoms with van der Waals surface area (Å²) in [5.74, 6) is 0. The molecule has 0 aromatic rings. The van der Waals surface area contributed by atoms with Crippen molar-refractivity contribution in [3.8, 4) is 0 Å². The van der Waals surface area contributed by atoms with Crippen LogP contribution in [0.3, 0.4) is 0 Å². The van der Waals surface area contributed by atoms with E-state index in [2.05, 4.69) is 18.0 Å². The standard InChI is InChI=1S/C4H2Cl2.Al.H3O4P.3H/c1-2-3-4(5)6;;1-5(2,3)4;;;/h1H2;;(H3,1,2,3,4);;;. The molecule has 0 aliphatic rings. The van der Waals surface area contributed by atoms with Crippen LogP contribution in [0.25, 0.3) is 0 Å². The predicted octanol–water partition coefficient (Wildman–Crippen LogP) is 0.133. The van der Waals surface area contributed by atoms with Crippen LogP contribution in [0.4, 0.5) is 0 Å². The van der Waals surface area contributed by atoms with Crippen molar-refractivity contribution in [1.82, 2.24) is 0 Å². The highest BCUT2D eigenvalue weighted by Crippen LogP contribution is 2.25. The van der Waals surface area contributed by atoms with Crippen molar-refractivity contribution < 1.29 is 19.2 Å². The van der Waals surface area contributed by atoms with Gasteiger partial charge in [-0.2, -0.15) is 0 Å². The van der Waals surface area contributed by atoms with Crippen LogP contribution in [0.2, 0.25) is 0 Å². The van der Waals surface area contributed by atoms with E-state index in [1.165, 1.54) is 0 Å². The molecule has 0 atom stereocenters. The average molecular weight is 249 g/mol. The van der Waals surface area contributed by atoms with Crippen molar-refractivity contribution in [2.45, 2.75) is 0 Å². The van der Waals surface area contributed by atoms with Crippen LogP contribution in [0.1, 0.15) is 0 Å². The molecule has 4 nitrogen and oxygen atoms in total. The number of rotatable bonds is 0. The third-order valence-electron chi connectivity index (χ3n) is 0.183. The van der Waals surface area contributed by atoms with Crippen LogP contribution in [0.5, 0.6) is 0 Å². The fraction of sp³-hybridized carbons (Fsp3) is 0. The van der Waals surface area contributed by atoms with Gasteiger partial charge in [0.05, 0.1) is 0 Å². The van der Waals surface area contributed by atoms with E-state index in [1.807, 2.05) is 0 Å². The van der Waals surface area contributed by atoms with Gasteiger partial charge in [-0.3, -0.25) is 0 Å². The van der Waals surface area contributed by atoms with Gasteiger partial charge in [-0.15, -0.1) is 0 Å². The van der Waals surface area contributed by atoms with Crippen molar-refractivity contribution in [2.75, 3.05) is 0 Å². The summed E-state index contributed by atoms with van der Waals surface area (Å²) in [6.45, 7) is 3.18. The molecular formula is C4H8AlCl2O4P. The molecule has 0 amide bonds. The summed E-state index contributed by atoms with van der Waals surface area (Å²) in [5.41, 5.74) is 4.56. The Morgan fingerprint density at radius 2 is 1.58 bits per heavy atom. The molecule has 0 radical (unpaired) electrons. The van der Waals surface area contributed by atoms with Crippen molar-refractivity contribution in [2.24, 2.45) is 0 Å². The van der Waals surface area contributed by atoms with Crippen molar-refractivity contribution in [1.29, 1.82) is 0 Å². The number of hydrogen-bond donors (Lipinski definition) is 3. The van der Waals surface area contributed by atoms with E-state index in [0.717, 1.165) is 0 Å². The molecule has 0 saturated carbocycles. The minimum atomic E-state index is -4.64. The fourth-order valence-corrected chi connectivity index (χ4v) is 0.200. The molecule has 3 N–H and O–H groups in total. The van der Waals surface area contributed by atoms with E-state index in [-0.39, 0.29) is 21.9 Å². The van der Waals surface area contributed by atoms with Crippen LogP contribution in [-0.4, -0.2) is 32.0 Å². The van der Waals surface area contributed by atoms with Gasteiger partial charge in [0.2, 0.25) is 0 Å². The zero-order valence-electron chi connectivity index (χ0n) is 5.16. The lowest BCUT2D eigenvalue weighted by molar-refractivity contribution is 0.275. The molecule has 0 unspecified atom stereocenters. The molecule has 70 valence electrons. The first kappa shape index (κ1) is 18.3. The minimum Gasteiger partial charge on any atom is -0.303 e. The second-order valence-corrected chi connectivity index (χ2v) is 3.05. The van der Waals surface area contributed by atoms with E-state index in [9.17, 15) is 0 Å². The van der Waals surface area contributed by atoms with Crippen molar-refractivity contribution in [3.05, 3.63) is 22.5 Å². The highest BCUT2D eigenvalue weighted by molar-refractivity contribution is 7.45. The molecule has 0 fully saturated rings. The normalized spacial score (nSPS) is 7.75. The Morgan fingerprint density at radius 1 is 1.33 bits per heavy atom. The van der Waals surface area contributed by atoms with Crippen LogP contribution in [-0.2, 0) is 4.57 Å². The highest BCUT2D eigenvalue weighted by Gasteiger charge is 2.00. The molecule has 8 heteroatoms. The molecular weight excluding hydrogens is 241 g/mol. The zero-order chi connectivity index (χ0) is 9.49. The Hall–Kier alpha value is 0.522. The monoisotopic (exact) mass is 248 g/mol. The van der Waals surface area contributed by atoms with E-state index in [1.54, 1.807) is 0 Å². The Kier molecular flexibility index (Phi) is 14.7. The zero-order valence-corrected chi connectivity index (χ0v) is 7.57. The molecule has 0 aliphatic carbocycles. The van der Waals surface area contributed by atoms with Crippen LogP contribution in [0, 0.1) is 0 Å². The predicted molar refractivity (Wildman–Crippen MR) is 52.1 cm³/mol. The molecule has 0 spiro atoms. The van der Waals surface area contributed by atoms with Gasteiger partial charge >= 0.3 is 7.82 Å². The second-order valence-electron chi connectivity index (χ2n) is 1.08. The first-order chi connectivity index (χ1) is 4.77. The van der Waals surface area contributed by atoms with Crippen LogP contribution in [0.15, 0.2) is 22.5 Å². The van der Waals surface area contributed by atoms with Gasteiger partial charge in [-0.1, -0.05) is 28.9 Å². The number of hydrogen-bond acceptors (Lipinski definition) is 1. The Balaban J connectivity index is -0.000000126. The summed E-state index contributed by atoms with van der Waals surface area (Å²) < 4.78 is 8.94. The lowest BCUT2D eigenvalue weighted by Gasteiger charge is -1.82. The number of halogens is 2. The molecule has 0 saturated heterocycles. The van der Waals surface area contributed by atoms with Crippen LogP contribution >= 0.6 is 31.0 Å². The van der Waals surface area contributed by atoms with Gasteiger partial charge in [0.25, 0.3) is 0 Å². The van der Waals surface area contributed by atoms with Crippen LogP contribution < -0.4 is 0 Å². The summed E-state index contributed by atoms with van der Waals surface area (Å²) >= 11 is 10.1. The molecule has 0 heterocycles. The maximum absolute atomic E-state index is 8.88. The summed E-state index contributed by atoms with van der Waals surface area (Å²) in [4.78, 5) is 21.6. The third-order valence-corrected chi connectivity index (χ3v) is 0.372. The van der Waals surface area contributed by atoms with E-state index in [0.29, 0.717) is 0 Å². The summed E-state index contributed by atoms with van der Waals surface area (Å²) in [5, 5.41) is 0. The largest absolute Gasteiger partial charge is 0.466 e.